The predicted molar refractivity (Wildman–Crippen MR) is 65.4 cm³/mol. The van der Waals surface area contributed by atoms with E-state index in [4.69, 9.17) is 0 Å². The number of hydrogen-bond acceptors (Lipinski definition) is 3. The zero-order valence-corrected chi connectivity index (χ0v) is 10.3. The molecule has 5 heteroatoms. The number of nitrogens with zero attached hydrogens (tertiary/aromatic N) is 4. The second kappa shape index (κ2) is 4.53. The average molecular weight is 232 g/mol. The van der Waals surface area contributed by atoms with Crippen LogP contribution in [0.15, 0.2) is 29.5 Å². The first kappa shape index (κ1) is 11.6. The van der Waals surface area contributed by atoms with Crippen LogP contribution in [0.25, 0.3) is 5.82 Å². The van der Waals surface area contributed by atoms with Gasteiger partial charge in [-0.3, -0.25) is 0 Å². The van der Waals surface area contributed by atoms with Crippen molar-refractivity contribution in [3.8, 4) is 5.82 Å². The van der Waals surface area contributed by atoms with Gasteiger partial charge < -0.3 is 0 Å². The van der Waals surface area contributed by atoms with Gasteiger partial charge in [-0.1, -0.05) is 19.9 Å². The number of pyridine rings is 1. The zero-order valence-electron chi connectivity index (χ0n) is 10.3. The molecule has 5 nitrogen and oxygen atoms in total. The summed E-state index contributed by atoms with van der Waals surface area (Å²) < 4.78 is 2.85. The summed E-state index contributed by atoms with van der Waals surface area (Å²) in [5.74, 6) is 1.05. The number of rotatable bonds is 3. The molecule has 0 aliphatic heterocycles. The Morgan fingerprint density at radius 1 is 1.35 bits per heavy atom. The zero-order chi connectivity index (χ0) is 12.4. The normalized spacial score (nSPS) is 11.1. The smallest absolute Gasteiger partial charge is 0.246 e. The molecule has 0 unspecified atom stereocenters. The number of aryl methyl sites for hydroxylation is 1. The molecule has 0 bridgehead atoms. The van der Waals surface area contributed by atoms with Crippen molar-refractivity contribution in [3.63, 3.8) is 0 Å². The molecule has 0 saturated heterocycles. The Hall–Kier alpha value is -1.91. The van der Waals surface area contributed by atoms with Gasteiger partial charge in [0.2, 0.25) is 0 Å². The molecule has 0 amide bonds. The first-order valence-electron chi connectivity index (χ1n) is 5.74. The van der Waals surface area contributed by atoms with Crippen molar-refractivity contribution in [1.82, 2.24) is 19.3 Å². The van der Waals surface area contributed by atoms with Crippen molar-refractivity contribution in [1.29, 1.82) is 0 Å². The highest BCUT2D eigenvalue weighted by Crippen LogP contribution is 2.13. The van der Waals surface area contributed by atoms with Gasteiger partial charge >= 0.3 is 5.69 Å². The van der Waals surface area contributed by atoms with E-state index in [0.29, 0.717) is 18.3 Å². The molecule has 0 N–H and O–H groups in total. The molecule has 17 heavy (non-hydrogen) atoms. The molecule has 0 aliphatic carbocycles. The lowest BCUT2D eigenvalue weighted by molar-refractivity contribution is 0.628. The highest BCUT2D eigenvalue weighted by molar-refractivity contribution is 5.26. The van der Waals surface area contributed by atoms with Gasteiger partial charge in [0.15, 0.2) is 0 Å². The first-order chi connectivity index (χ1) is 8.13. The summed E-state index contributed by atoms with van der Waals surface area (Å²) in [4.78, 5) is 16.1. The Morgan fingerprint density at radius 3 is 2.59 bits per heavy atom. The molecule has 2 rings (SSSR count). The summed E-state index contributed by atoms with van der Waals surface area (Å²) in [6.45, 7) is 6.67. The third kappa shape index (κ3) is 2.13. The van der Waals surface area contributed by atoms with Crippen LogP contribution in [0, 0.1) is 0 Å². The minimum atomic E-state index is -0.155. The maximum atomic E-state index is 11.8. The molecule has 0 aliphatic rings. The lowest BCUT2D eigenvalue weighted by Gasteiger charge is -2.05. The van der Waals surface area contributed by atoms with Crippen molar-refractivity contribution in [3.05, 3.63) is 40.7 Å². The molecule has 0 aromatic carbocycles. The summed E-state index contributed by atoms with van der Waals surface area (Å²) >= 11 is 0. The third-order valence-corrected chi connectivity index (χ3v) is 2.72. The Balaban J connectivity index is 2.40. The summed E-state index contributed by atoms with van der Waals surface area (Å²) in [6, 6.07) is 3.83. The van der Waals surface area contributed by atoms with E-state index < -0.39 is 0 Å². The van der Waals surface area contributed by atoms with Crippen LogP contribution in [0.4, 0.5) is 0 Å². The van der Waals surface area contributed by atoms with E-state index >= 15 is 0 Å². The molecule has 2 aromatic rings. The van der Waals surface area contributed by atoms with Crippen molar-refractivity contribution >= 4 is 0 Å². The summed E-state index contributed by atoms with van der Waals surface area (Å²) in [7, 11) is 0. The van der Waals surface area contributed by atoms with Gasteiger partial charge in [0.05, 0.1) is 0 Å². The van der Waals surface area contributed by atoms with E-state index in [9.17, 15) is 4.79 Å². The first-order valence-corrected chi connectivity index (χ1v) is 5.74. The highest BCUT2D eigenvalue weighted by Gasteiger charge is 2.07. The molecule has 90 valence electrons. The van der Waals surface area contributed by atoms with E-state index in [0.717, 1.165) is 5.56 Å². The summed E-state index contributed by atoms with van der Waals surface area (Å²) in [5, 5.41) is 4.00. The average Bonchev–Trinajstić information content (AvgIpc) is 2.70. The van der Waals surface area contributed by atoms with Gasteiger partial charge in [-0.2, -0.15) is 5.10 Å². The minimum absolute atomic E-state index is 0.155. The maximum absolute atomic E-state index is 11.8. The van der Waals surface area contributed by atoms with E-state index in [1.807, 2.05) is 19.1 Å². The van der Waals surface area contributed by atoms with Crippen molar-refractivity contribution in [2.75, 3.05) is 0 Å². The molecule has 2 heterocycles. The van der Waals surface area contributed by atoms with Gasteiger partial charge in [0, 0.05) is 12.7 Å². The fraction of sp³-hybridized carbons (Fsp3) is 0.417. The minimum Gasteiger partial charge on any atom is -0.246 e. The predicted octanol–water partition coefficient (Wildman–Crippen LogP) is 1.57. The maximum Gasteiger partial charge on any atom is 0.351 e. The fourth-order valence-electron chi connectivity index (χ4n) is 1.59. The van der Waals surface area contributed by atoms with Crippen LogP contribution in [0.5, 0.6) is 0 Å². The molecule has 2 aromatic heterocycles. The lowest BCUT2D eigenvalue weighted by atomic mass is 10.1. The molecular weight excluding hydrogens is 216 g/mol. The summed E-state index contributed by atoms with van der Waals surface area (Å²) in [5.41, 5.74) is 1.00. The molecule has 0 radical (unpaired) electrons. The second-order valence-electron chi connectivity index (χ2n) is 4.20. The standard InChI is InChI=1S/C12H16N4O/c1-4-16-12(17)15(8-14-16)11-6-5-10(7-13-11)9(2)3/h5-9H,4H2,1-3H3. The molecular formula is C12H16N4O. The molecule has 0 fully saturated rings. The lowest BCUT2D eigenvalue weighted by Crippen LogP contribution is -2.23. The topological polar surface area (TPSA) is 52.7 Å². The van der Waals surface area contributed by atoms with Crippen molar-refractivity contribution in [2.24, 2.45) is 0 Å². The van der Waals surface area contributed by atoms with E-state index in [2.05, 4.69) is 23.9 Å². The van der Waals surface area contributed by atoms with Gasteiger partial charge in [0.25, 0.3) is 0 Å². The van der Waals surface area contributed by atoms with Crippen molar-refractivity contribution in [2.45, 2.75) is 33.2 Å². The third-order valence-electron chi connectivity index (χ3n) is 2.72. The number of hydrogen-bond donors (Lipinski definition) is 0. The monoisotopic (exact) mass is 232 g/mol. The largest absolute Gasteiger partial charge is 0.351 e. The highest BCUT2D eigenvalue weighted by atomic mass is 16.2. The van der Waals surface area contributed by atoms with Crippen LogP contribution >= 0.6 is 0 Å². The van der Waals surface area contributed by atoms with Crippen LogP contribution in [0.1, 0.15) is 32.3 Å². The Labute approximate surface area is 99.7 Å². The van der Waals surface area contributed by atoms with E-state index in [1.54, 1.807) is 6.20 Å². The van der Waals surface area contributed by atoms with E-state index in [-0.39, 0.29) is 5.69 Å². The van der Waals surface area contributed by atoms with Crippen LogP contribution in [-0.2, 0) is 6.54 Å². The van der Waals surface area contributed by atoms with Gasteiger partial charge in [-0.05, 0) is 24.5 Å². The molecule has 0 atom stereocenters. The Morgan fingerprint density at radius 2 is 2.12 bits per heavy atom. The summed E-state index contributed by atoms with van der Waals surface area (Å²) in [6.07, 6.45) is 3.30. The Kier molecular flexibility index (Phi) is 3.08. The SMILES string of the molecule is CCn1ncn(-c2ccc(C(C)C)cn2)c1=O. The number of aromatic nitrogens is 4. The van der Waals surface area contributed by atoms with Crippen LogP contribution in [0.2, 0.25) is 0 Å². The Bertz CT molecular complexity index is 551. The second-order valence-corrected chi connectivity index (χ2v) is 4.20. The van der Waals surface area contributed by atoms with Gasteiger partial charge in [-0.25, -0.2) is 19.0 Å². The molecule has 0 spiro atoms. The van der Waals surface area contributed by atoms with Crippen molar-refractivity contribution < 1.29 is 0 Å². The quantitative estimate of drug-likeness (QED) is 0.807. The van der Waals surface area contributed by atoms with Crippen LogP contribution < -0.4 is 5.69 Å². The molecule has 0 saturated carbocycles. The van der Waals surface area contributed by atoms with Gasteiger partial charge in [-0.15, -0.1) is 0 Å². The van der Waals surface area contributed by atoms with Crippen LogP contribution in [-0.4, -0.2) is 19.3 Å². The van der Waals surface area contributed by atoms with Gasteiger partial charge in [0.1, 0.15) is 12.1 Å². The fourth-order valence-corrected chi connectivity index (χ4v) is 1.59. The van der Waals surface area contributed by atoms with E-state index in [1.165, 1.54) is 15.6 Å². The van der Waals surface area contributed by atoms with Crippen LogP contribution in [0.3, 0.4) is 0 Å².